The number of morpholine rings is 1. The van der Waals surface area contributed by atoms with E-state index in [1.165, 1.54) is 0 Å². The molecule has 3 heterocycles. The van der Waals surface area contributed by atoms with E-state index < -0.39 is 5.97 Å². The molecule has 0 saturated carbocycles. The van der Waals surface area contributed by atoms with Crippen LogP contribution in [-0.4, -0.2) is 53.1 Å². The average Bonchev–Trinajstić information content (AvgIpc) is 3.07. The molecule has 0 bridgehead atoms. The Hall–Kier alpha value is -2.48. The first kappa shape index (κ1) is 19.8. The Kier molecular flexibility index (Phi) is 5.54. The quantitative estimate of drug-likeness (QED) is 0.468. The number of amidine groups is 1. The van der Waals surface area contributed by atoms with Gasteiger partial charge in [0.05, 0.1) is 13.2 Å². The number of carbonyl (C=O) groups is 1. The Labute approximate surface area is 177 Å². The van der Waals surface area contributed by atoms with Crippen molar-refractivity contribution in [2.75, 3.05) is 26.3 Å². The van der Waals surface area contributed by atoms with Crippen LogP contribution in [0.5, 0.6) is 0 Å². The molecule has 0 unspecified atom stereocenters. The number of rotatable bonds is 3. The lowest BCUT2D eigenvalue weighted by molar-refractivity contribution is 0.0677. The molecule has 0 amide bonds. The molecular weight excluding hydrogens is 410 g/mol. The highest BCUT2D eigenvalue weighted by atomic mass is 35.5. The number of aromatic nitrogens is 1. The van der Waals surface area contributed by atoms with E-state index in [4.69, 9.17) is 21.3 Å². The van der Waals surface area contributed by atoms with Crippen molar-refractivity contribution in [3.8, 4) is 11.1 Å². The second-order valence-electron chi connectivity index (χ2n) is 6.84. The van der Waals surface area contributed by atoms with Gasteiger partial charge in [-0.3, -0.25) is 0 Å². The molecule has 4 rings (SSSR count). The highest BCUT2D eigenvalue weighted by Gasteiger charge is 2.23. The first-order chi connectivity index (χ1) is 13.9. The molecule has 1 N–H and O–H groups in total. The molecule has 8 heteroatoms. The zero-order chi connectivity index (χ0) is 20.5. The van der Waals surface area contributed by atoms with Crippen LogP contribution in [0.1, 0.15) is 22.3 Å². The predicted octanol–water partition coefficient (Wildman–Crippen LogP) is 5.01. The molecule has 0 atom stereocenters. The Morgan fingerprint density at radius 3 is 2.62 bits per heavy atom. The minimum Gasteiger partial charge on any atom is -0.477 e. The van der Waals surface area contributed by atoms with Crippen LogP contribution >= 0.6 is 22.9 Å². The summed E-state index contributed by atoms with van der Waals surface area (Å²) >= 11 is 7.21. The fourth-order valence-corrected chi connectivity index (χ4v) is 4.58. The smallest absolute Gasteiger partial charge is 0.348 e. The van der Waals surface area contributed by atoms with Gasteiger partial charge < -0.3 is 14.7 Å². The number of carboxylic acid groups (broad SMARTS) is 1. The van der Waals surface area contributed by atoms with Gasteiger partial charge in [0, 0.05) is 29.2 Å². The molecule has 2 aromatic heterocycles. The standard InChI is InChI=1S/C21H20ClN3O3S/c1-12-11-16(14-3-5-15(22)6-4-14)17-18(19(21(26)27)29-20(17)23-12)24-13(2)25-7-9-28-10-8-25/h3-6,11H,7-10H2,1-2H3,(H,26,27). The number of fused-ring (bicyclic) bond motifs is 1. The third kappa shape index (κ3) is 3.99. The van der Waals surface area contributed by atoms with Gasteiger partial charge >= 0.3 is 5.97 Å². The van der Waals surface area contributed by atoms with Crippen molar-refractivity contribution in [1.82, 2.24) is 9.88 Å². The molecule has 0 spiro atoms. The van der Waals surface area contributed by atoms with Gasteiger partial charge in [0.1, 0.15) is 21.2 Å². The van der Waals surface area contributed by atoms with E-state index in [2.05, 4.69) is 9.88 Å². The maximum absolute atomic E-state index is 12.0. The van der Waals surface area contributed by atoms with Gasteiger partial charge in [-0.25, -0.2) is 14.8 Å². The van der Waals surface area contributed by atoms with E-state index in [0.29, 0.717) is 28.8 Å². The zero-order valence-corrected chi connectivity index (χ0v) is 17.7. The summed E-state index contributed by atoms with van der Waals surface area (Å²) in [4.78, 5) is 24.3. The second-order valence-corrected chi connectivity index (χ2v) is 8.28. The Morgan fingerprint density at radius 1 is 1.28 bits per heavy atom. The van der Waals surface area contributed by atoms with Crippen LogP contribution in [0.15, 0.2) is 35.3 Å². The number of nitrogens with zero attached hydrogens (tertiary/aromatic N) is 3. The fraction of sp³-hybridized carbons (Fsp3) is 0.286. The van der Waals surface area contributed by atoms with Crippen molar-refractivity contribution in [2.45, 2.75) is 13.8 Å². The molecule has 1 aliphatic rings. The van der Waals surface area contributed by atoms with E-state index in [1.807, 2.05) is 44.2 Å². The summed E-state index contributed by atoms with van der Waals surface area (Å²) in [5.74, 6) is -0.223. The van der Waals surface area contributed by atoms with E-state index in [0.717, 1.165) is 52.5 Å². The van der Waals surface area contributed by atoms with Crippen LogP contribution in [0.25, 0.3) is 21.3 Å². The minimum absolute atomic E-state index is 0.195. The third-order valence-corrected chi connectivity index (χ3v) is 6.17. The lowest BCUT2D eigenvalue weighted by Gasteiger charge is -2.28. The van der Waals surface area contributed by atoms with Crippen molar-refractivity contribution in [3.05, 3.63) is 45.9 Å². The molecule has 3 aromatic rings. The molecular formula is C21H20ClN3O3S. The minimum atomic E-state index is -0.999. The molecule has 1 fully saturated rings. The fourth-order valence-electron chi connectivity index (χ4n) is 3.43. The largest absolute Gasteiger partial charge is 0.477 e. The summed E-state index contributed by atoms with van der Waals surface area (Å²) in [7, 11) is 0. The second kappa shape index (κ2) is 8.10. The van der Waals surface area contributed by atoms with Crippen LogP contribution < -0.4 is 0 Å². The molecule has 150 valence electrons. The number of halogens is 1. The summed E-state index contributed by atoms with van der Waals surface area (Å²) in [5.41, 5.74) is 3.13. The molecule has 0 radical (unpaired) electrons. The molecule has 1 aliphatic heterocycles. The highest BCUT2D eigenvalue weighted by Crippen LogP contribution is 2.43. The molecule has 1 aromatic carbocycles. The number of carboxylic acids is 1. The zero-order valence-electron chi connectivity index (χ0n) is 16.1. The van der Waals surface area contributed by atoms with Crippen molar-refractivity contribution >= 4 is 50.6 Å². The van der Waals surface area contributed by atoms with Crippen LogP contribution in [0.4, 0.5) is 5.69 Å². The SMILES string of the molecule is CC(=Nc1c(C(=O)O)sc2nc(C)cc(-c3ccc(Cl)cc3)c12)N1CCOCC1. The highest BCUT2D eigenvalue weighted by molar-refractivity contribution is 7.21. The first-order valence-electron chi connectivity index (χ1n) is 9.25. The maximum atomic E-state index is 12.0. The van der Waals surface area contributed by atoms with Gasteiger partial charge in [0.15, 0.2) is 0 Å². The van der Waals surface area contributed by atoms with Crippen LogP contribution in [-0.2, 0) is 4.74 Å². The lowest BCUT2D eigenvalue weighted by Crippen LogP contribution is -2.39. The topological polar surface area (TPSA) is 75.0 Å². The van der Waals surface area contributed by atoms with Crippen LogP contribution in [0, 0.1) is 6.92 Å². The lowest BCUT2D eigenvalue weighted by atomic mass is 10.0. The summed E-state index contributed by atoms with van der Waals surface area (Å²) in [6.45, 7) is 6.56. The van der Waals surface area contributed by atoms with E-state index >= 15 is 0 Å². The molecule has 29 heavy (non-hydrogen) atoms. The van der Waals surface area contributed by atoms with Gasteiger partial charge in [0.25, 0.3) is 0 Å². The van der Waals surface area contributed by atoms with Crippen molar-refractivity contribution < 1.29 is 14.6 Å². The van der Waals surface area contributed by atoms with E-state index in [1.54, 1.807) is 0 Å². The maximum Gasteiger partial charge on any atom is 0.348 e. The summed E-state index contributed by atoms with van der Waals surface area (Å²) in [6, 6.07) is 9.47. The molecule has 1 saturated heterocycles. The third-order valence-electron chi connectivity index (χ3n) is 4.86. The number of aryl methyl sites for hydroxylation is 1. The number of aliphatic imine (C=N–C) groups is 1. The average molecular weight is 430 g/mol. The van der Waals surface area contributed by atoms with Gasteiger partial charge in [0.2, 0.25) is 0 Å². The monoisotopic (exact) mass is 429 g/mol. The first-order valence-corrected chi connectivity index (χ1v) is 10.4. The van der Waals surface area contributed by atoms with E-state index in [9.17, 15) is 9.90 Å². The number of thiophene rings is 1. The summed E-state index contributed by atoms with van der Waals surface area (Å²) in [5, 5.41) is 11.2. The number of ether oxygens (including phenoxy) is 1. The summed E-state index contributed by atoms with van der Waals surface area (Å²) in [6.07, 6.45) is 0. The van der Waals surface area contributed by atoms with Crippen LogP contribution in [0.3, 0.4) is 0 Å². The number of pyridine rings is 1. The molecule has 0 aliphatic carbocycles. The van der Waals surface area contributed by atoms with Gasteiger partial charge in [-0.1, -0.05) is 23.7 Å². The van der Waals surface area contributed by atoms with Gasteiger partial charge in [-0.2, -0.15) is 0 Å². The number of benzene rings is 1. The Morgan fingerprint density at radius 2 is 1.97 bits per heavy atom. The number of hydrogen-bond acceptors (Lipinski definition) is 5. The number of aromatic carboxylic acids is 1. The normalized spacial score (nSPS) is 15.1. The Balaban J connectivity index is 1.95. The van der Waals surface area contributed by atoms with Crippen molar-refractivity contribution in [1.29, 1.82) is 0 Å². The van der Waals surface area contributed by atoms with Gasteiger partial charge in [-0.05, 0) is 43.2 Å². The molecule has 6 nitrogen and oxygen atoms in total. The van der Waals surface area contributed by atoms with E-state index in [-0.39, 0.29) is 4.88 Å². The number of hydrogen-bond donors (Lipinski definition) is 1. The summed E-state index contributed by atoms with van der Waals surface area (Å²) < 4.78 is 5.41. The van der Waals surface area contributed by atoms with Gasteiger partial charge in [-0.15, -0.1) is 11.3 Å². The van der Waals surface area contributed by atoms with Crippen molar-refractivity contribution in [3.63, 3.8) is 0 Å². The Bertz CT molecular complexity index is 1100. The van der Waals surface area contributed by atoms with Crippen molar-refractivity contribution in [2.24, 2.45) is 4.99 Å². The predicted molar refractivity (Wildman–Crippen MR) is 117 cm³/mol. The van der Waals surface area contributed by atoms with Crippen LogP contribution in [0.2, 0.25) is 5.02 Å².